The highest BCUT2D eigenvalue weighted by Gasteiger charge is 2.16. The summed E-state index contributed by atoms with van der Waals surface area (Å²) in [6.45, 7) is 0. The summed E-state index contributed by atoms with van der Waals surface area (Å²) in [5.41, 5.74) is 10.7. The summed E-state index contributed by atoms with van der Waals surface area (Å²) in [7, 11) is 0. The number of hydrogen-bond acceptors (Lipinski definition) is 1. The zero-order chi connectivity index (χ0) is 37.7. The molecule has 0 aliphatic rings. The maximum Gasteiger partial charge on any atom is 0.0468 e. The van der Waals surface area contributed by atoms with Crippen molar-refractivity contribution >= 4 is 70.9 Å². The Balaban J connectivity index is 0.960. The maximum absolute atomic E-state index is 2.37. The van der Waals surface area contributed by atoms with Crippen LogP contribution in [0.25, 0.3) is 87.2 Å². The van der Waals surface area contributed by atoms with Crippen LogP contribution in [0.5, 0.6) is 0 Å². The van der Waals surface area contributed by atoms with Crippen LogP contribution in [-0.4, -0.2) is 0 Å². The SMILES string of the molecule is c1ccc2cc(N(c3ccc(-c4ccc(-c5cc6ccccc6c6ccccc56)cc4)cc3)c3ccc(-c4cc5ccccc5c5ccccc45)cc3)ccc2c1. The molecule has 0 heterocycles. The van der Waals surface area contributed by atoms with Crippen LogP contribution in [0.15, 0.2) is 224 Å². The first-order valence-electron chi connectivity index (χ1n) is 19.7. The number of benzene rings is 11. The van der Waals surface area contributed by atoms with E-state index < -0.39 is 0 Å². The molecule has 0 amide bonds. The van der Waals surface area contributed by atoms with Gasteiger partial charge in [-0.25, -0.2) is 0 Å². The lowest BCUT2D eigenvalue weighted by atomic mass is 9.92. The van der Waals surface area contributed by atoms with Gasteiger partial charge in [-0.3, -0.25) is 0 Å². The van der Waals surface area contributed by atoms with E-state index in [1.807, 2.05) is 0 Å². The van der Waals surface area contributed by atoms with Gasteiger partial charge in [0.1, 0.15) is 0 Å². The Morgan fingerprint density at radius 1 is 0.211 bits per heavy atom. The zero-order valence-corrected chi connectivity index (χ0v) is 31.3. The van der Waals surface area contributed by atoms with Gasteiger partial charge in [0.15, 0.2) is 0 Å². The smallest absolute Gasteiger partial charge is 0.0468 e. The Morgan fingerprint density at radius 2 is 0.561 bits per heavy atom. The molecule has 0 fully saturated rings. The van der Waals surface area contributed by atoms with E-state index in [0.717, 1.165) is 17.1 Å². The second-order valence-electron chi connectivity index (χ2n) is 14.9. The number of nitrogens with zero attached hydrogens (tertiary/aromatic N) is 1. The third-order valence-corrected chi connectivity index (χ3v) is 11.6. The monoisotopic (exact) mass is 723 g/mol. The number of anilines is 3. The Bertz CT molecular complexity index is 3270. The van der Waals surface area contributed by atoms with E-state index in [2.05, 4.69) is 229 Å². The highest BCUT2D eigenvalue weighted by atomic mass is 15.1. The first-order chi connectivity index (χ1) is 28.2. The van der Waals surface area contributed by atoms with Crippen molar-refractivity contribution in [3.05, 3.63) is 224 Å². The van der Waals surface area contributed by atoms with E-state index in [1.165, 1.54) is 87.2 Å². The minimum absolute atomic E-state index is 1.11. The molecule has 11 rings (SSSR count). The van der Waals surface area contributed by atoms with Gasteiger partial charge in [-0.2, -0.15) is 0 Å². The molecule has 1 heteroatoms. The molecule has 11 aromatic rings. The molecule has 0 atom stereocenters. The fourth-order valence-corrected chi connectivity index (χ4v) is 8.78. The topological polar surface area (TPSA) is 3.24 Å². The fraction of sp³-hybridized carbons (Fsp3) is 0. The van der Waals surface area contributed by atoms with Crippen LogP contribution in [0.2, 0.25) is 0 Å². The van der Waals surface area contributed by atoms with Crippen LogP contribution in [0.4, 0.5) is 17.1 Å². The largest absolute Gasteiger partial charge is 0.310 e. The van der Waals surface area contributed by atoms with E-state index in [1.54, 1.807) is 0 Å². The Morgan fingerprint density at radius 3 is 1.07 bits per heavy atom. The predicted molar refractivity (Wildman–Crippen MR) is 245 cm³/mol. The Kier molecular flexibility index (Phi) is 7.89. The number of hydrogen-bond donors (Lipinski definition) is 0. The third-order valence-electron chi connectivity index (χ3n) is 11.6. The Hall–Kier alpha value is -7.48. The molecule has 1 nitrogen and oxygen atoms in total. The number of rotatable bonds is 6. The molecule has 11 aromatic carbocycles. The summed E-state index contributed by atoms with van der Waals surface area (Å²) in [5, 5.41) is 12.7. The van der Waals surface area contributed by atoms with Crippen molar-refractivity contribution in [3.8, 4) is 33.4 Å². The molecule has 0 radical (unpaired) electrons. The van der Waals surface area contributed by atoms with Crippen LogP contribution in [0.3, 0.4) is 0 Å². The molecular formula is C56H37N. The summed E-state index contributed by atoms with van der Waals surface area (Å²) in [4.78, 5) is 2.37. The summed E-state index contributed by atoms with van der Waals surface area (Å²) in [6, 6.07) is 82.0. The third kappa shape index (κ3) is 5.80. The molecule has 0 saturated carbocycles. The van der Waals surface area contributed by atoms with Crippen molar-refractivity contribution in [3.63, 3.8) is 0 Å². The lowest BCUT2D eigenvalue weighted by Crippen LogP contribution is -2.09. The van der Waals surface area contributed by atoms with E-state index in [0.29, 0.717) is 0 Å². The van der Waals surface area contributed by atoms with Crippen molar-refractivity contribution in [1.82, 2.24) is 0 Å². The molecule has 266 valence electrons. The van der Waals surface area contributed by atoms with Crippen LogP contribution in [0.1, 0.15) is 0 Å². The fourth-order valence-electron chi connectivity index (χ4n) is 8.78. The van der Waals surface area contributed by atoms with Crippen molar-refractivity contribution < 1.29 is 0 Å². The van der Waals surface area contributed by atoms with Crippen LogP contribution in [0, 0.1) is 0 Å². The number of fused-ring (bicyclic) bond motifs is 7. The van der Waals surface area contributed by atoms with Gasteiger partial charge in [0.2, 0.25) is 0 Å². The minimum atomic E-state index is 1.11. The molecule has 0 aliphatic heterocycles. The first kappa shape index (κ1) is 32.9. The van der Waals surface area contributed by atoms with E-state index in [9.17, 15) is 0 Å². The second kappa shape index (κ2) is 13.7. The highest BCUT2D eigenvalue weighted by molar-refractivity contribution is 6.15. The zero-order valence-electron chi connectivity index (χ0n) is 31.3. The average molecular weight is 724 g/mol. The molecule has 0 saturated heterocycles. The van der Waals surface area contributed by atoms with Gasteiger partial charge < -0.3 is 4.90 Å². The van der Waals surface area contributed by atoms with E-state index >= 15 is 0 Å². The summed E-state index contributed by atoms with van der Waals surface area (Å²) >= 11 is 0. The summed E-state index contributed by atoms with van der Waals surface area (Å²) in [5.74, 6) is 0. The average Bonchev–Trinajstić information content (AvgIpc) is 3.29. The lowest BCUT2D eigenvalue weighted by molar-refractivity contribution is 1.29. The van der Waals surface area contributed by atoms with Gasteiger partial charge in [-0.15, -0.1) is 0 Å². The highest BCUT2D eigenvalue weighted by Crippen LogP contribution is 2.41. The molecule has 0 aromatic heterocycles. The van der Waals surface area contributed by atoms with Crippen LogP contribution < -0.4 is 4.90 Å². The predicted octanol–water partition coefficient (Wildman–Crippen LogP) is 15.9. The van der Waals surface area contributed by atoms with Gasteiger partial charge in [0, 0.05) is 17.1 Å². The molecule has 0 spiro atoms. The van der Waals surface area contributed by atoms with Gasteiger partial charge in [-0.1, -0.05) is 176 Å². The van der Waals surface area contributed by atoms with Crippen molar-refractivity contribution in [1.29, 1.82) is 0 Å². The standard InChI is InChI=1S/C56H37N/c1-2-12-43-35-48(34-27-38(43)11-1)57(47-32-28-42(29-33-47)56-37-45-14-4-6-16-50(45)52-18-8-10-20-54(52)56)46-30-25-40(26-31-46)39-21-23-41(24-22-39)55-36-44-13-3-5-15-49(44)51-17-7-9-19-53(51)55/h1-37H. The van der Waals surface area contributed by atoms with Crippen LogP contribution >= 0.6 is 0 Å². The normalized spacial score (nSPS) is 11.5. The van der Waals surface area contributed by atoms with E-state index in [-0.39, 0.29) is 0 Å². The Labute approximate surface area is 332 Å². The molecule has 57 heavy (non-hydrogen) atoms. The molecule has 0 aliphatic carbocycles. The van der Waals surface area contributed by atoms with Crippen molar-refractivity contribution in [2.45, 2.75) is 0 Å². The summed E-state index contributed by atoms with van der Waals surface area (Å²) < 4.78 is 0. The lowest BCUT2D eigenvalue weighted by Gasteiger charge is -2.26. The molecule has 0 unspecified atom stereocenters. The molecular weight excluding hydrogens is 687 g/mol. The first-order valence-corrected chi connectivity index (χ1v) is 19.7. The van der Waals surface area contributed by atoms with Crippen LogP contribution in [-0.2, 0) is 0 Å². The van der Waals surface area contributed by atoms with Gasteiger partial charge >= 0.3 is 0 Å². The van der Waals surface area contributed by atoms with Gasteiger partial charge in [0.25, 0.3) is 0 Å². The van der Waals surface area contributed by atoms with Crippen molar-refractivity contribution in [2.24, 2.45) is 0 Å². The van der Waals surface area contributed by atoms with Gasteiger partial charge in [-0.05, 0) is 136 Å². The molecule has 0 bridgehead atoms. The summed E-state index contributed by atoms with van der Waals surface area (Å²) in [6.07, 6.45) is 0. The van der Waals surface area contributed by atoms with Gasteiger partial charge in [0.05, 0.1) is 0 Å². The minimum Gasteiger partial charge on any atom is -0.310 e. The van der Waals surface area contributed by atoms with Crippen molar-refractivity contribution in [2.75, 3.05) is 4.90 Å². The van der Waals surface area contributed by atoms with E-state index in [4.69, 9.17) is 0 Å². The quantitative estimate of drug-likeness (QED) is 0.154. The maximum atomic E-state index is 2.37. The molecule has 0 N–H and O–H groups in total. The second-order valence-corrected chi connectivity index (χ2v) is 14.9.